The highest BCUT2D eigenvalue weighted by Crippen LogP contribution is 2.26. The van der Waals surface area contributed by atoms with Crippen molar-refractivity contribution in [2.75, 3.05) is 20.2 Å². The van der Waals surface area contributed by atoms with Crippen LogP contribution in [-0.2, 0) is 6.54 Å². The van der Waals surface area contributed by atoms with Gasteiger partial charge in [-0.05, 0) is 37.5 Å². The Hall–Kier alpha value is -2.05. The molecule has 0 aromatic heterocycles. The smallest absolute Gasteiger partial charge is 0.387 e. The first kappa shape index (κ1) is 20.0. The molecule has 5 nitrogen and oxygen atoms in total. The molecule has 0 saturated carbocycles. The monoisotopic (exact) mass is 343 g/mol. The first-order valence-electron chi connectivity index (χ1n) is 8.10. The van der Waals surface area contributed by atoms with Gasteiger partial charge in [-0.2, -0.15) is 8.78 Å². The zero-order chi connectivity index (χ0) is 17.9. The summed E-state index contributed by atoms with van der Waals surface area (Å²) in [6.45, 7) is 5.10. The molecule has 0 unspecified atom stereocenters. The van der Waals surface area contributed by atoms with Crippen molar-refractivity contribution in [1.82, 2.24) is 10.6 Å². The standard InChI is InChI=1S/C17H27F2N3O2/c1-5-20-17(21-9-8-12(2)3)22-11-13-10-14(23-4)6-7-15(13)24-16(18)19/h6-7,10,12,16H,5,8-9,11H2,1-4H3,(H2,20,21,22). The molecule has 0 fully saturated rings. The number of benzene rings is 1. The lowest BCUT2D eigenvalue weighted by molar-refractivity contribution is -0.0504. The molecule has 0 saturated heterocycles. The fourth-order valence-electron chi connectivity index (χ4n) is 2.00. The van der Waals surface area contributed by atoms with Crippen molar-refractivity contribution < 1.29 is 18.3 Å². The Labute approximate surface area is 142 Å². The van der Waals surface area contributed by atoms with E-state index in [1.807, 2.05) is 6.92 Å². The number of guanidine groups is 1. The number of halogens is 2. The lowest BCUT2D eigenvalue weighted by Crippen LogP contribution is -2.38. The Kier molecular flexibility index (Phi) is 8.89. The molecule has 0 spiro atoms. The number of methoxy groups -OCH3 is 1. The zero-order valence-corrected chi connectivity index (χ0v) is 14.7. The molecule has 24 heavy (non-hydrogen) atoms. The summed E-state index contributed by atoms with van der Waals surface area (Å²) >= 11 is 0. The highest BCUT2D eigenvalue weighted by Gasteiger charge is 2.11. The first-order chi connectivity index (χ1) is 11.5. The molecule has 1 aromatic rings. The summed E-state index contributed by atoms with van der Waals surface area (Å²) in [7, 11) is 1.52. The number of rotatable bonds is 9. The summed E-state index contributed by atoms with van der Waals surface area (Å²) in [6, 6.07) is 4.70. The fourth-order valence-corrected chi connectivity index (χ4v) is 2.00. The van der Waals surface area contributed by atoms with Crippen molar-refractivity contribution in [2.24, 2.45) is 10.9 Å². The van der Waals surface area contributed by atoms with E-state index in [9.17, 15) is 8.78 Å². The van der Waals surface area contributed by atoms with Gasteiger partial charge in [0.2, 0.25) is 0 Å². The zero-order valence-electron chi connectivity index (χ0n) is 14.7. The SMILES string of the molecule is CCNC(=NCc1cc(OC)ccc1OC(F)F)NCCC(C)C. The Morgan fingerprint density at radius 1 is 1.25 bits per heavy atom. The van der Waals surface area contributed by atoms with Gasteiger partial charge in [-0.3, -0.25) is 0 Å². The fraction of sp³-hybridized carbons (Fsp3) is 0.588. The number of nitrogens with one attached hydrogen (secondary N) is 2. The largest absolute Gasteiger partial charge is 0.497 e. The Bertz CT molecular complexity index is 523. The average Bonchev–Trinajstić information content (AvgIpc) is 2.52. The third-order valence-corrected chi connectivity index (χ3v) is 3.25. The number of nitrogens with zero attached hydrogens (tertiary/aromatic N) is 1. The average molecular weight is 343 g/mol. The van der Waals surface area contributed by atoms with Gasteiger partial charge in [0.15, 0.2) is 5.96 Å². The van der Waals surface area contributed by atoms with Crippen LogP contribution in [0.25, 0.3) is 0 Å². The number of ether oxygens (including phenoxy) is 2. The topological polar surface area (TPSA) is 54.9 Å². The lowest BCUT2D eigenvalue weighted by Gasteiger charge is -2.14. The summed E-state index contributed by atoms with van der Waals surface area (Å²) in [6.07, 6.45) is 1.02. The van der Waals surface area contributed by atoms with Crippen molar-refractivity contribution in [3.63, 3.8) is 0 Å². The molecule has 0 heterocycles. The van der Waals surface area contributed by atoms with Crippen molar-refractivity contribution in [2.45, 2.75) is 40.3 Å². The van der Waals surface area contributed by atoms with Gasteiger partial charge in [0.1, 0.15) is 11.5 Å². The van der Waals surface area contributed by atoms with Crippen LogP contribution in [0, 0.1) is 5.92 Å². The number of aliphatic imine (C=N–C) groups is 1. The summed E-state index contributed by atoms with van der Waals surface area (Å²) in [5, 5.41) is 6.36. The highest BCUT2D eigenvalue weighted by atomic mass is 19.3. The van der Waals surface area contributed by atoms with Gasteiger partial charge in [-0.15, -0.1) is 0 Å². The van der Waals surface area contributed by atoms with E-state index in [1.54, 1.807) is 12.1 Å². The van der Waals surface area contributed by atoms with Crippen molar-refractivity contribution in [3.8, 4) is 11.5 Å². The molecule has 2 N–H and O–H groups in total. The second-order valence-electron chi connectivity index (χ2n) is 5.66. The third kappa shape index (κ3) is 7.48. The quantitative estimate of drug-likeness (QED) is 0.533. The molecule has 1 rings (SSSR count). The van der Waals surface area contributed by atoms with Gasteiger partial charge >= 0.3 is 6.61 Å². The predicted octanol–water partition coefficient (Wildman–Crippen LogP) is 3.40. The number of alkyl halides is 2. The van der Waals surface area contributed by atoms with E-state index in [0.717, 1.165) is 13.0 Å². The molecule has 0 bridgehead atoms. The molecule has 136 valence electrons. The van der Waals surface area contributed by atoms with Crippen LogP contribution in [0.4, 0.5) is 8.78 Å². The van der Waals surface area contributed by atoms with E-state index in [1.165, 1.54) is 13.2 Å². The van der Waals surface area contributed by atoms with Crippen LogP contribution in [0.5, 0.6) is 11.5 Å². The maximum atomic E-state index is 12.5. The summed E-state index contributed by atoms with van der Waals surface area (Å²) in [5.74, 6) is 1.90. The predicted molar refractivity (Wildman–Crippen MR) is 91.9 cm³/mol. The minimum absolute atomic E-state index is 0.104. The van der Waals surface area contributed by atoms with Crippen molar-refractivity contribution >= 4 is 5.96 Å². The molecule has 0 aliphatic rings. The summed E-state index contributed by atoms with van der Waals surface area (Å²) < 4.78 is 34.7. The van der Waals surface area contributed by atoms with Gasteiger partial charge in [0.05, 0.1) is 13.7 Å². The molecular weight excluding hydrogens is 316 g/mol. The number of hydrogen-bond donors (Lipinski definition) is 2. The van der Waals surface area contributed by atoms with Crippen LogP contribution in [0.2, 0.25) is 0 Å². The van der Waals surface area contributed by atoms with Crippen LogP contribution in [0.15, 0.2) is 23.2 Å². The van der Waals surface area contributed by atoms with Crippen LogP contribution >= 0.6 is 0 Å². The van der Waals surface area contributed by atoms with Crippen molar-refractivity contribution in [3.05, 3.63) is 23.8 Å². The van der Waals surface area contributed by atoms with Gasteiger partial charge in [0, 0.05) is 18.7 Å². The van der Waals surface area contributed by atoms with Gasteiger partial charge in [-0.1, -0.05) is 13.8 Å². The first-order valence-corrected chi connectivity index (χ1v) is 8.10. The summed E-state index contributed by atoms with van der Waals surface area (Å²) in [4.78, 5) is 4.44. The molecule has 0 aliphatic carbocycles. The highest BCUT2D eigenvalue weighted by molar-refractivity contribution is 5.79. The molecule has 0 atom stereocenters. The maximum absolute atomic E-state index is 12.5. The van der Waals surface area contributed by atoms with Crippen molar-refractivity contribution in [1.29, 1.82) is 0 Å². The molecule has 0 amide bonds. The maximum Gasteiger partial charge on any atom is 0.387 e. The minimum atomic E-state index is -2.88. The van der Waals surface area contributed by atoms with E-state index in [0.29, 0.717) is 29.7 Å². The van der Waals surface area contributed by atoms with E-state index in [2.05, 4.69) is 34.2 Å². The van der Waals surface area contributed by atoms with E-state index < -0.39 is 6.61 Å². The second-order valence-corrected chi connectivity index (χ2v) is 5.66. The van der Waals surface area contributed by atoms with E-state index in [-0.39, 0.29) is 12.3 Å². The summed E-state index contributed by atoms with van der Waals surface area (Å²) in [5.41, 5.74) is 0.538. The molecular formula is C17H27F2N3O2. The normalized spacial score (nSPS) is 11.8. The Morgan fingerprint density at radius 3 is 2.58 bits per heavy atom. The van der Waals surface area contributed by atoms with Crippen LogP contribution in [-0.4, -0.2) is 32.8 Å². The third-order valence-electron chi connectivity index (χ3n) is 3.25. The molecule has 0 aliphatic heterocycles. The molecule has 0 radical (unpaired) electrons. The van der Waals surface area contributed by atoms with Gasteiger partial charge < -0.3 is 20.1 Å². The van der Waals surface area contributed by atoms with Crippen LogP contribution in [0.3, 0.4) is 0 Å². The Balaban J connectivity index is 2.85. The van der Waals surface area contributed by atoms with Crippen LogP contribution in [0.1, 0.15) is 32.8 Å². The van der Waals surface area contributed by atoms with E-state index in [4.69, 9.17) is 4.74 Å². The lowest BCUT2D eigenvalue weighted by atomic mass is 10.1. The molecule has 7 heteroatoms. The second kappa shape index (κ2) is 10.7. The number of hydrogen-bond acceptors (Lipinski definition) is 3. The van der Waals surface area contributed by atoms with Gasteiger partial charge in [0.25, 0.3) is 0 Å². The van der Waals surface area contributed by atoms with E-state index >= 15 is 0 Å². The minimum Gasteiger partial charge on any atom is -0.497 e. The van der Waals surface area contributed by atoms with Gasteiger partial charge in [-0.25, -0.2) is 4.99 Å². The molecule has 1 aromatic carbocycles. The van der Waals surface area contributed by atoms with Crippen LogP contribution < -0.4 is 20.1 Å². The Morgan fingerprint density at radius 2 is 2.00 bits per heavy atom.